The molecule has 0 aromatic carbocycles. The lowest BCUT2D eigenvalue weighted by Crippen LogP contribution is -2.45. The first-order valence-electron chi connectivity index (χ1n) is 8.69. The highest BCUT2D eigenvalue weighted by Gasteiger charge is 2.42. The molecule has 1 N–H and O–H groups in total. The zero-order valence-electron chi connectivity index (χ0n) is 14.1. The summed E-state index contributed by atoms with van der Waals surface area (Å²) in [6, 6.07) is 0. The highest BCUT2D eigenvalue weighted by molar-refractivity contribution is 7.12. The Balaban J connectivity index is 1.77. The van der Waals surface area contributed by atoms with Crippen LogP contribution in [0.15, 0.2) is 0 Å². The number of hydrogen-bond acceptors (Lipinski definition) is 3. The van der Waals surface area contributed by atoms with Crippen LogP contribution < -0.4 is 5.32 Å². The SMILES string of the molecule is CCC(C)(C)C1CCC(NC)(c2nc3c(s2)CCC3)CC1. The lowest BCUT2D eigenvalue weighted by molar-refractivity contribution is 0.101. The third-order valence-corrected chi connectivity index (χ3v) is 7.70. The van der Waals surface area contributed by atoms with E-state index >= 15 is 0 Å². The van der Waals surface area contributed by atoms with E-state index in [0.29, 0.717) is 5.41 Å². The third-order valence-electron chi connectivity index (χ3n) is 6.34. The minimum atomic E-state index is 0.162. The fourth-order valence-electron chi connectivity index (χ4n) is 4.15. The summed E-state index contributed by atoms with van der Waals surface area (Å²) in [6.07, 6.45) is 10.3. The summed E-state index contributed by atoms with van der Waals surface area (Å²) < 4.78 is 0. The zero-order chi connectivity index (χ0) is 15.1. The minimum absolute atomic E-state index is 0.162. The molecule has 0 radical (unpaired) electrons. The molecule has 1 aromatic heterocycles. The van der Waals surface area contributed by atoms with Crippen LogP contribution in [0.5, 0.6) is 0 Å². The van der Waals surface area contributed by atoms with Crippen LogP contribution in [0.25, 0.3) is 0 Å². The number of thiazole rings is 1. The zero-order valence-corrected chi connectivity index (χ0v) is 14.9. The summed E-state index contributed by atoms with van der Waals surface area (Å²) in [7, 11) is 2.14. The molecule has 3 heteroatoms. The van der Waals surface area contributed by atoms with E-state index in [1.807, 2.05) is 11.3 Å². The summed E-state index contributed by atoms with van der Waals surface area (Å²) in [5.41, 5.74) is 2.06. The van der Waals surface area contributed by atoms with Gasteiger partial charge in [-0.15, -0.1) is 11.3 Å². The van der Waals surface area contributed by atoms with Crippen molar-refractivity contribution in [3.05, 3.63) is 15.6 Å². The van der Waals surface area contributed by atoms with Gasteiger partial charge in [0.05, 0.1) is 11.2 Å². The van der Waals surface area contributed by atoms with Crippen LogP contribution in [-0.2, 0) is 18.4 Å². The number of rotatable bonds is 4. The molecular weight excluding hydrogens is 276 g/mol. The van der Waals surface area contributed by atoms with E-state index in [1.54, 1.807) is 4.88 Å². The van der Waals surface area contributed by atoms with Gasteiger partial charge in [-0.1, -0.05) is 27.2 Å². The van der Waals surface area contributed by atoms with Gasteiger partial charge in [0, 0.05) is 4.88 Å². The van der Waals surface area contributed by atoms with E-state index in [-0.39, 0.29) is 5.54 Å². The van der Waals surface area contributed by atoms with Crippen LogP contribution in [0.4, 0.5) is 0 Å². The Hall–Kier alpha value is -0.410. The molecular formula is C18H30N2S. The first kappa shape index (κ1) is 15.5. The van der Waals surface area contributed by atoms with E-state index < -0.39 is 0 Å². The van der Waals surface area contributed by atoms with Gasteiger partial charge < -0.3 is 5.32 Å². The monoisotopic (exact) mass is 306 g/mol. The third kappa shape index (κ3) is 2.68. The van der Waals surface area contributed by atoms with Crippen LogP contribution in [0.2, 0.25) is 0 Å². The smallest absolute Gasteiger partial charge is 0.113 e. The van der Waals surface area contributed by atoms with E-state index in [2.05, 4.69) is 33.1 Å². The van der Waals surface area contributed by atoms with Gasteiger partial charge in [-0.05, 0) is 63.3 Å². The number of nitrogens with one attached hydrogen (secondary N) is 1. The molecule has 0 unspecified atom stereocenters. The molecule has 21 heavy (non-hydrogen) atoms. The van der Waals surface area contributed by atoms with Crippen LogP contribution in [0.3, 0.4) is 0 Å². The molecule has 0 aliphatic heterocycles. The van der Waals surface area contributed by atoms with Gasteiger partial charge in [-0.3, -0.25) is 0 Å². The highest BCUT2D eigenvalue weighted by Crippen LogP contribution is 2.48. The number of aromatic nitrogens is 1. The van der Waals surface area contributed by atoms with E-state index in [4.69, 9.17) is 4.98 Å². The van der Waals surface area contributed by atoms with E-state index in [0.717, 1.165) is 5.92 Å². The fraction of sp³-hybridized carbons (Fsp3) is 0.833. The summed E-state index contributed by atoms with van der Waals surface area (Å²) in [5, 5.41) is 5.04. The number of nitrogens with zero attached hydrogens (tertiary/aromatic N) is 1. The second kappa shape index (κ2) is 5.66. The average Bonchev–Trinajstić information content (AvgIpc) is 3.09. The van der Waals surface area contributed by atoms with Crippen LogP contribution in [0, 0.1) is 11.3 Å². The van der Waals surface area contributed by atoms with Crippen molar-refractivity contribution in [3.8, 4) is 0 Å². The van der Waals surface area contributed by atoms with Gasteiger partial charge >= 0.3 is 0 Å². The van der Waals surface area contributed by atoms with Crippen LogP contribution >= 0.6 is 11.3 Å². The maximum Gasteiger partial charge on any atom is 0.113 e. The molecule has 1 aromatic rings. The Kier molecular flexibility index (Phi) is 4.17. The molecule has 1 heterocycles. The summed E-state index contributed by atoms with van der Waals surface area (Å²) in [6.45, 7) is 7.23. The molecule has 0 saturated heterocycles. The second-order valence-corrected chi connectivity index (χ2v) is 8.77. The second-order valence-electron chi connectivity index (χ2n) is 7.69. The average molecular weight is 307 g/mol. The molecule has 0 atom stereocenters. The van der Waals surface area contributed by atoms with Crippen molar-refractivity contribution in [1.82, 2.24) is 10.3 Å². The van der Waals surface area contributed by atoms with Crippen LogP contribution in [-0.4, -0.2) is 12.0 Å². The number of aryl methyl sites for hydroxylation is 2. The first-order valence-corrected chi connectivity index (χ1v) is 9.50. The largest absolute Gasteiger partial charge is 0.308 e. The van der Waals surface area contributed by atoms with E-state index in [9.17, 15) is 0 Å². The molecule has 1 fully saturated rings. The molecule has 2 aliphatic carbocycles. The van der Waals surface area contributed by atoms with Gasteiger partial charge in [-0.2, -0.15) is 0 Å². The quantitative estimate of drug-likeness (QED) is 0.874. The van der Waals surface area contributed by atoms with Crippen molar-refractivity contribution in [1.29, 1.82) is 0 Å². The lowest BCUT2D eigenvalue weighted by Gasteiger charge is -2.44. The molecule has 118 valence electrons. The molecule has 3 rings (SSSR count). The molecule has 0 amide bonds. The summed E-state index contributed by atoms with van der Waals surface area (Å²) in [4.78, 5) is 6.59. The topological polar surface area (TPSA) is 24.9 Å². The van der Waals surface area contributed by atoms with E-state index in [1.165, 1.54) is 62.1 Å². The normalized spacial score (nSPS) is 29.6. The van der Waals surface area contributed by atoms with Crippen molar-refractivity contribution < 1.29 is 0 Å². The van der Waals surface area contributed by atoms with Crippen LogP contribution in [0.1, 0.15) is 74.9 Å². The molecule has 0 bridgehead atoms. The van der Waals surface area contributed by atoms with Gasteiger partial charge in [0.1, 0.15) is 5.01 Å². The fourth-order valence-corrected chi connectivity index (χ4v) is 5.55. The summed E-state index contributed by atoms with van der Waals surface area (Å²) in [5.74, 6) is 0.871. The lowest BCUT2D eigenvalue weighted by atomic mass is 9.65. The predicted octanol–water partition coefficient (Wildman–Crippen LogP) is 4.67. The van der Waals surface area contributed by atoms with Crippen molar-refractivity contribution in [3.63, 3.8) is 0 Å². The molecule has 2 aliphatic rings. The Bertz CT molecular complexity index is 474. The minimum Gasteiger partial charge on any atom is -0.308 e. The standard InChI is InChI=1S/C18H30N2S/c1-5-17(2,3)13-9-11-18(19-4,12-10-13)16-20-14-7-6-8-15(14)21-16/h13,19H,5-12H2,1-4H3. The Morgan fingerprint density at radius 3 is 2.57 bits per heavy atom. The summed E-state index contributed by atoms with van der Waals surface area (Å²) >= 11 is 1.99. The van der Waals surface area contributed by atoms with Crippen molar-refractivity contribution >= 4 is 11.3 Å². The molecule has 2 nitrogen and oxygen atoms in total. The maximum absolute atomic E-state index is 5.02. The van der Waals surface area contributed by atoms with Gasteiger partial charge in [0.15, 0.2) is 0 Å². The Morgan fingerprint density at radius 1 is 1.29 bits per heavy atom. The Morgan fingerprint density at radius 2 is 2.00 bits per heavy atom. The maximum atomic E-state index is 5.02. The molecule has 1 saturated carbocycles. The van der Waals surface area contributed by atoms with Crippen molar-refractivity contribution in [2.45, 2.75) is 77.7 Å². The van der Waals surface area contributed by atoms with Crippen molar-refractivity contribution in [2.24, 2.45) is 11.3 Å². The number of hydrogen-bond donors (Lipinski definition) is 1. The highest BCUT2D eigenvalue weighted by atomic mass is 32.1. The Labute approximate surface area is 133 Å². The van der Waals surface area contributed by atoms with Crippen molar-refractivity contribution in [2.75, 3.05) is 7.05 Å². The van der Waals surface area contributed by atoms with Gasteiger partial charge in [0.25, 0.3) is 0 Å². The van der Waals surface area contributed by atoms with Gasteiger partial charge in [0.2, 0.25) is 0 Å². The number of fused-ring (bicyclic) bond motifs is 1. The van der Waals surface area contributed by atoms with Gasteiger partial charge in [-0.25, -0.2) is 4.98 Å². The molecule has 0 spiro atoms. The first-order chi connectivity index (χ1) is 10.0. The predicted molar refractivity (Wildman–Crippen MR) is 90.9 cm³/mol.